The maximum absolute atomic E-state index is 9.52. The van der Waals surface area contributed by atoms with E-state index >= 15 is 0 Å². The van der Waals surface area contributed by atoms with Crippen LogP contribution in [0.15, 0.2) is 0 Å². The van der Waals surface area contributed by atoms with Crippen molar-refractivity contribution in [2.75, 3.05) is 6.16 Å². The van der Waals surface area contributed by atoms with Crippen LogP contribution in [0.4, 0.5) is 0 Å². The van der Waals surface area contributed by atoms with Crippen molar-refractivity contribution < 1.29 is 9.46 Å². The van der Waals surface area contributed by atoms with Gasteiger partial charge in [0.15, 0.2) is 6.16 Å². The summed E-state index contributed by atoms with van der Waals surface area (Å²) in [5.74, 6) is 0. The zero-order valence-corrected chi connectivity index (χ0v) is 6.73. The van der Waals surface area contributed by atoms with Gasteiger partial charge in [-0.25, -0.2) is 0 Å². The van der Waals surface area contributed by atoms with Gasteiger partial charge in [0.05, 0.1) is 0 Å². The molecule has 3 heteroatoms. The summed E-state index contributed by atoms with van der Waals surface area (Å²) in [5, 5.41) is 0. The van der Waals surface area contributed by atoms with Crippen LogP contribution in [0.5, 0.6) is 0 Å². The molecule has 1 fully saturated rings. The molecule has 0 aliphatic heterocycles. The first-order chi connectivity index (χ1) is 4.27. The zero-order valence-electron chi connectivity index (χ0n) is 5.84. The third-order valence-corrected chi connectivity index (χ3v) is 1.81. The molecule has 0 radical (unpaired) electrons. The molecule has 0 saturated heterocycles. The van der Waals surface area contributed by atoms with Crippen LogP contribution in [0.1, 0.15) is 32.6 Å². The summed E-state index contributed by atoms with van der Waals surface area (Å²) in [4.78, 5) is 7.87. The molecule has 0 aromatic rings. The smallest absolute Gasteiger partial charge is 0.161 e. The van der Waals surface area contributed by atoms with E-state index in [9.17, 15) is 4.57 Å². The Balaban J connectivity index is 0.000000144. The molecular formula is C6H14O2P+. The molecule has 1 atom stereocenters. The van der Waals surface area contributed by atoms with Crippen molar-refractivity contribution in [1.29, 1.82) is 0 Å². The molecule has 0 aromatic heterocycles. The van der Waals surface area contributed by atoms with Crippen molar-refractivity contribution in [2.45, 2.75) is 32.6 Å². The van der Waals surface area contributed by atoms with Crippen LogP contribution in [-0.4, -0.2) is 11.1 Å². The summed E-state index contributed by atoms with van der Waals surface area (Å²) >= 11 is 0. The topological polar surface area (TPSA) is 37.3 Å². The van der Waals surface area contributed by atoms with E-state index in [4.69, 9.17) is 4.89 Å². The minimum atomic E-state index is -1.85. The zero-order chi connectivity index (χ0) is 7.11. The van der Waals surface area contributed by atoms with E-state index in [1.165, 1.54) is 25.7 Å². The van der Waals surface area contributed by atoms with Gasteiger partial charge in [-0.2, -0.15) is 4.89 Å². The van der Waals surface area contributed by atoms with Crippen LogP contribution in [0.25, 0.3) is 0 Å². The maximum atomic E-state index is 9.52. The Bertz CT molecular complexity index is 75.1. The summed E-state index contributed by atoms with van der Waals surface area (Å²) in [5.41, 5.74) is 0. The second-order valence-corrected chi connectivity index (χ2v) is 3.42. The van der Waals surface area contributed by atoms with Crippen molar-refractivity contribution in [2.24, 2.45) is 0 Å². The predicted octanol–water partition coefficient (Wildman–Crippen LogP) is 2.30. The van der Waals surface area contributed by atoms with Gasteiger partial charge < -0.3 is 0 Å². The third-order valence-electron chi connectivity index (χ3n) is 1.27. The first-order valence-electron chi connectivity index (χ1n) is 3.41. The van der Waals surface area contributed by atoms with Gasteiger partial charge in [-0.15, -0.1) is 0 Å². The molecule has 1 rings (SSSR count). The minimum absolute atomic E-state index is 0.370. The lowest BCUT2D eigenvalue weighted by Crippen LogP contribution is -1.85. The van der Waals surface area contributed by atoms with Gasteiger partial charge in [0, 0.05) is 0 Å². The van der Waals surface area contributed by atoms with Crippen LogP contribution in [0.3, 0.4) is 0 Å². The van der Waals surface area contributed by atoms with Gasteiger partial charge in [-0.05, 0) is 11.5 Å². The molecule has 54 valence electrons. The minimum Gasteiger partial charge on any atom is -0.161 e. The molecule has 0 aromatic carbocycles. The fourth-order valence-corrected chi connectivity index (χ4v) is 0.250. The predicted molar refractivity (Wildman–Crippen MR) is 38.8 cm³/mol. The Hall–Kier alpha value is 0.0600. The molecular weight excluding hydrogens is 135 g/mol. The third kappa shape index (κ3) is 8.06. The second-order valence-electron chi connectivity index (χ2n) is 2.08. The summed E-state index contributed by atoms with van der Waals surface area (Å²) < 4.78 is 9.52. The number of hydrogen-bond donors (Lipinski definition) is 1. The van der Waals surface area contributed by atoms with Gasteiger partial charge in [-0.3, -0.25) is 0 Å². The Labute approximate surface area is 57.1 Å². The standard InChI is InChI=1S/C4H8.C2H5O2P/c1-2-4-3-1;1-2-5(3)4/h1-4H2;2H2,1H3/p+1. The highest BCUT2D eigenvalue weighted by Gasteiger charge is 1.98. The fourth-order valence-electron chi connectivity index (χ4n) is 0.250. The Kier molecular flexibility index (Phi) is 6.23. The molecule has 1 aliphatic rings. The van der Waals surface area contributed by atoms with Gasteiger partial charge >= 0.3 is 8.03 Å². The lowest BCUT2D eigenvalue weighted by atomic mass is 10.0. The number of hydrogen-bond acceptors (Lipinski definition) is 1. The molecule has 1 N–H and O–H groups in total. The highest BCUT2D eigenvalue weighted by atomic mass is 31.1. The summed E-state index contributed by atoms with van der Waals surface area (Å²) in [7, 11) is -1.85. The highest BCUT2D eigenvalue weighted by Crippen LogP contribution is 2.15. The van der Waals surface area contributed by atoms with E-state index in [0.29, 0.717) is 6.16 Å². The van der Waals surface area contributed by atoms with Crippen LogP contribution in [0.2, 0.25) is 0 Å². The summed E-state index contributed by atoms with van der Waals surface area (Å²) in [6.07, 6.45) is 6.37. The summed E-state index contributed by atoms with van der Waals surface area (Å²) in [6.45, 7) is 1.67. The van der Waals surface area contributed by atoms with E-state index in [1.54, 1.807) is 6.92 Å². The quantitative estimate of drug-likeness (QED) is 0.581. The fraction of sp³-hybridized carbons (Fsp3) is 1.00. The SMILES string of the molecule is C1CCC1.CC[P+](=O)O. The van der Waals surface area contributed by atoms with Crippen LogP contribution in [-0.2, 0) is 4.57 Å². The Morgan fingerprint density at radius 3 is 1.56 bits per heavy atom. The normalized spacial score (nSPS) is 16.9. The van der Waals surface area contributed by atoms with E-state index in [2.05, 4.69) is 0 Å². The van der Waals surface area contributed by atoms with E-state index in [-0.39, 0.29) is 0 Å². The van der Waals surface area contributed by atoms with Crippen molar-refractivity contribution in [3.8, 4) is 0 Å². The Morgan fingerprint density at radius 1 is 1.33 bits per heavy atom. The first kappa shape index (κ1) is 9.06. The van der Waals surface area contributed by atoms with Crippen molar-refractivity contribution >= 4 is 8.03 Å². The molecule has 0 heterocycles. The van der Waals surface area contributed by atoms with Gasteiger partial charge in [-0.1, -0.05) is 25.7 Å². The van der Waals surface area contributed by atoms with Crippen LogP contribution < -0.4 is 0 Å². The van der Waals surface area contributed by atoms with E-state index in [1.807, 2.05) is 0 Å². The molecule has 2 nitrogen and oxygen atoms in total. The average Bonchev–Trinajstić information content (AvgIpc) is 1.61. The van der Waals surface area contributed by atoms with Gasteiger partial charge in [0.2, 0.25) is 0 Å². The lowest BCUT2D eigenvalue weighted by Gasteiger charge is -2.05. The van der Waals surface area contributed by atoms with E-state index < -0.39 is 8.03 Å². The van der Waals surface area contributed by atoms with Crippen molar-refractivity contribution in [3.05, 3.63) is 0 Å². The highest BCUT2D eigenvalue weighted by molar-refractivity contribution is 7.37. The maximum Gasteiger partial charge on any atom is 0.505 e. The largest absolute Gasteiger partial charge is 0.505 e. The number of rotatable bonds is 1. The monoisotopic (exact) mass is 149 g/mol. The molecule has 0 bridgehead atoms. The molecule has 9 heavy (non-hydrogen) atoms. The molecule has 0 spiro atoms. The summed E-state index contributed by atoms with van der Waals surface area (Å²) in [6, 6.07) is 0. The van der Waals surface area contributed by atoms with Gasteiger partial charge in [0.25, 0.3) is 0 Å². The lowest BCUT2D eigenvalue weighted by molar-refractivity contribution is 0.504. The first-order valence-corrected chi connectivity index (χ1v) is 4.80. The van der Waals surface area contributed by atoms with Crippen LogP contribution >= 0.6 is 8.03 Å². The molecule has 1 saturated carbocycles. The van der Waals surface area contributed by atoms with Crippen LogP contribution in [0, 0.1) is 0 Å². The Morgan fingerprint density at radius 2 is 1.56 bits per heavy atom. The average molecular weight is 149 g/mol. The molecule has 1 aliphatic carbocycles. The van der Waals surface area contributed by atoms with Crippen molar-refractivity contribution in [1.82, 2.24) is 0 Å². The molecule has 1 unspecified atom stereocenters. The van der Waals surface area contributed by atoms with E-state index in [0.717, 1.165) is 0 Å². The van der Waals surface area contributed by atoms with Crippen molar-refractivity contribution in [3.63, 3.8) is 0 Å². The van der Waals surface area contributed by atoms with Gasteiger partial charge in [0.1, 0.15) is 0 Å². The second kappa shape index (κ2) is 6.18. The molecule has 0 amide bonds.